The molecule has 5 aromatic heterocycles. The Balaban J connectivity index is 0.000000726. The van der Waals surface area contributed by atoms with Gasteiger partial charge in [-0.1, -0.05) is 184 Å². The number of hydrogen-bond acceptors (Lipinski definition) is 5. The second-order valence-electron chi connectivity index (χ2n) is 23.8. The summed E-state index contributed by atoms with van der Waals surface area (Å²) in [6, 6.07) is 14.6. The molecule has 0 fully saturated rings. The monoisotopic (exact) mass is 983 g/mol. The molecule has 0 spiro atoms. The fourth-order valence-electron chi connectivity index (χ4n) is 4.79. The number of aromatic nitrogens is 8. The number of hydrogen-bond donors (Lipinski definition) is 0. The fourth-order valence-corrected chi connectivity index (χ4v) is 4.79. The molecule has 0 aliphatic heterocycles. The third-order valence-electron chi connectivity index (χ3n) is 9.32. The number of rotatable bonds is 0. The van der Waals surface area contributed by atoms with E-state index < -0.39 is 0 Å². The molecule has 342 valence electrons. The summed E-state index contributed by atoms with van der Waals surface area (Å²) in [5.41, 5.74) is 10.3. The van der Waals surface area contributed by atoms with Crippen LogP contribution >= 0.6 is 0 Å². The van der Waals surface area contributed by atoms with Crippen LogP contribution in [0.3, 0.4) is 0 Å². The summed E-state index contributed by atoms with van der Waals surface area (Å²) in [5, 5.41) is 25.2. The Morgan fingerprint density at radius 2 is 0.500 bits per heavy atom. The Bertz CT molecular complexity index is 1630. The molecule has 0 amide bonds. The fraction of sp³-hybridized carbons (Fsp3) is 0.627. The van der Waals surface area contributed by atoms with Crippen LogP contribution < -0.4 is 15.3 Å². The van der Waals surface area contributed by atoms with Crippen molar-refractivity contribution >= 4 is 0 Å². The molecule has 60 heavy (non-hydrogen) atoms. The van der Waals surface area contributed by atoms with E-state index in [4.69, 9.17) is 0 Å². The summed E-state index contributed by atoms with van der Waals surface area (Å²) in [6.07, 6.45) is 7.34. The predicted octanol–water partition coefficient (Wildman–Crippen LogP) is 12.7. The van der Waals surface area contributed by atoms with E-state index >= 15 is 0 Å². The van der Waals surface area contributed by atoms with Crippen LogP contribution in [0.4, 0.5) is 0 Å². The molecule has 0 aliphatic carbocycles. The van der Waals surface area contributed by atoms with Crippen molar-refractivity contribution in [3.63, 3.8) is 0 Å². The maximum atomic E-state index is 4.20. The van der Waals surface area contributed by atoms with Gasteiger partial charge in [0.25, 0.3) is 0 Å². The van der Waals surface area contributed by atoms with Gasteiger partial charge < -0.3 is 30.6 Å². The Labute approximate surface area is 396 Å². The van der Waals surface area contributed by atoms with Gasteiger partial charge in [0, 0.05) is 58.1 Å². The van der Waals surface area contributed by atoms with Crippen molar-refractivity contribution in [3.05, 3.63) is 113 Å². The zero-order chi connectivity index (χ0) is 46.1. The van der Waals surface area contributed by atoms with E-state index in [1.807, 2.05) is 24.8 Å². The maximum absolute atomic E-state index is 4.20. The van der Waals surface area contributed by atoms with Gasteiger partial charge in [-0.05, 0) is 62.5 Å². The average Bonchev–Trinajstić information content (AvgIpc) is 3.86. The summed E-state index contributed by atoms with van der Waals surface area (Å²) in [5.74, 6) is 0. The molecule has 0 unspecified atom stereocenters. The van der Waals surface area contributed by atoms with Crippen LogP contribution in [-0.4, -0.2) is 25.3 Å². The second kappa shape index (κ2) is 22.0. The van der Waals surface area contributed by atoms with Crippen LogP contribution in [0.2, 0.25) is 0 Å². The Morgan fingerprint density at radius 1 is 0.300 bits per heavy atom. The van der Waals surface area contributed by atoms with Gasteiger partial charge in [0.1, 0.15) is 0 Å². The summed E-state index contributed by atoms with van der Waals surface area (Å²) >= 11 is 0. The molecule has 0 radical (unpaired) electrons. The molecule has 5 heterocycles. The maximum Gasteiger partial charge on any atom is 3.00 e. The van der Waals surface area contributed by atoms with E-state index in [9.17, 15) is 0 Å². The van der Waals surface area contributed by atoms with Crippen LogP contribution in [0.25, 0.3) is 0 Å². The van der Waals surface area contributed by atoms with E-state index in [1.54, 1.807) is 0 Å². The third kappa shape index (κ3) is 20.8. The van der Waals surface area contributed by atoms with Gasteiger partial charge in [-0.15, -0.1) is 17.1 Å². The molecule has 5 rings (SSSR count). The summed E-state index contributed by atoms with van der Waals surface area (Å²) in [4.78, 5) is 7.92. The van der Waals surface area contributed by atoms with Crippen molar-refractivity contribution in [2.24, 2.45) is 0 Å². The van der Waals surface area contributed by atoms with Gasteiger partial charge in [-0.25, -0.2) is 0 Å². The van der Waals surface area contributed by atoms with E-state index in [-0.39, 0.29) is 80.2 Å². The molecule has 0 bridgehead atoms. The minimum Gasteiger partial charge on any atom is -0.578 e. The quantitative estimate of drug-likeness (QED) is 0.151. The second-order valence-corrected chi connectivity index (χ2v) is 23.8. The average molecular weight is 983 g/mol. The first-order valence-corrected chi connectivity index (χ1v) is 21.2. The number of nitrogens with zero attached hydrogens (tertiary/aromatic N) is 8. The first-order chi connectivity index (χ1) is 26.3. The van der Waals surface area contributed by atoms with Gasteiger partial charge in [-0.2, -0.15) is 0 Å². The molecule has 8 nitrogen and oxygen atoms in total. The molecule has 0 aliphatic rings. The smallest absolute Gasteiger partial charge is 0.578 e. The van der Waals surface area contributed by atoms with Gasteiger partial charge in [0.05, 0.1) is 0 Å². The van der Waals surface area contributed by atoms with Gasteiger partial charge in [0.15, 0.2) is 0 Å². The van der Waals surface area contributed by atoms with Crippen LogP contribution in [0.15, 0.2) is 67.3 Å². The van der Waals surface area contributed by atoms with Gasteiger partial charge in [-0.3, -0.25) is 9.97 Å². The van der Waals surface area contributed by atoms with Crippen LogP contribution in [-0.2, 0) is 43.3 Å². The Kier molecular flexibility index (Phi) is 20.9. The van der Waals surface area contributed by atoms with Gasteiger partial charge in [0.2, 0.25) is 0 Å². The Morgan fingerprint density at radius 3 is 0.600 bits per heavy atom. The van der Waals surface area contributed by atoms with E-state index in [0.717, 1.165) is 34.2 Å². The number of pyridine rings is 2. The molecule has 0 saturated heterocycles. The van der Waals surface area contributed by atoms with Crippen molar-refractivity contribution < 1.29 is 36.9 Å². The van der Waals surface area contributed by atoms with Crippen LogP contribution in [0.1, 0.15) is 211 Å². The Hall–Kier alpha value is -2.84. The molecule has 5 aromatic rings. The van der Waals surface area contributed by atoms with Crippen LogP contribution in [0, 0.1) is 36.9 Å². The SMILES string of the molecule is CC(C)(C)c1cc(C(C)(C)C)[n-]n1.CC(C)(C)c1cc(C(C)(C)C)[n-]n1.CC(C)(C)c1cc(C(C)(C)C)[n-]n1.CC(C)(C)c1ccncc1.CC(C)(C)c1ccncc1.[Lu+3]. The molecule has 0 aromatic carbocycles. The molecular formula is C51H83LuN8. The first-order valence-electron chi connectivity index (χ1n) is 21.2. The first kappa shape index (κ1) is 57.2. The third-order valence-corrected chi connectivity index (χ3v) is 9.32. The minimum atomic E-state index is 0. The summed E-state index contributed by atoms with van der Waals surface area (Å²) < 4.78 is 0. The van der Waals surface area contributed by atoms with E-state index in [2.05, 4.69) is 249 Å². The van der Waals surface area contributed by atoms with Crippen molar-refractivity contribution in [1.29, 1.82) is 0 Å². The van der Waals surface area contributed by atoms with Crippen molar-refractivity contribution in [2.75, 3.05) is 0 Å². The zero-order valence-electron chi connectivity index (χ0n) is 42.2. The molecule has 9 heteroatoms. The molecule has 0 atom stereocenters. The predicted molar refractivity (Wildman–Crippen MR) is 251 cm³/mol. The van der Waals surface area contributed by atoms with E-state index in [1.165, 1.54) is 11.1 Å². The molecule has 0 N–H and O–H groups in total. The zero-order valence-corrected chi connectivity index (χ0v) is 43.8. The van der Waals surface area contributed by atoms with Crippen molar-refractivity contribution in [3.8, 4) is 0 Å². The molecular weight excluding hydrogens is 900 g/mol. The van der Waals surface area contributed by atoms with Crippen molar-refractivity contribution in [1.82, 2.24) is 40.6 Å². The van der Waals surface area contributed by atoms with Gasteiger partial charge >= 0.3 is 36.9 Å². The largest absolute Gasteiger partial charge is 3.00 e. The summed E-state index contributed by atoms with van der Waals surface area (Å²) in [7, 11) is 0. The summed E-state index contributed by atoms with van der Waals surface area (Å²) in [6.45, 7) is 52.0. The van der Waals surface area contributed by atoms with E-state index in [0.29, 0.717) is 0 Å². The minimum absolute atomic E-state index is 0. The van der Waals surface area contributed by atoms with Crippen LogP contribution in [0.5, 0.6) is 0 Å². The normalized spacial score (nSPS) is 12.5. The van der Waals surface area contributed by atoms with Crippen molar-refractivity contribution in [2.45, 2.75) is 209 Å². The topological polar surface area (TPSA) is 107 Å². The standard InChI is InChI=1S/3C11H19N2.2C9H13N.Lu/c3*1-10(2,3)8-7-9(13-12-8)11(4,5)6;2*1-9(2,3)8-4-6-10-7-5-8;/h3*7H,1-6H3;2*4-7H,1-3H3;/q3*-1;;;+3. The molecule has 0 saturated carbocycles.